The van der Waals surface area contributed by atoms with E-state index in [0.717, 1.165) is 29.8 Å². The largest absolute Gasteiger partial charge is 0.466 e. The van der Waals surface area contributed by atoms with E-state index in [2.05, 4.69) is 12.6 Å². The van der Waals surface area contributed by atoms with Gasteiger partial charge < -0.3 is 9.84 Å². The molecule has 3 nitrogen and oxygen atoms in total. The average molecular weight is 321 g/mol. The van der Waals surface area contributed by atoms with Crippen LogP contribution in [0.3, 0.4) is 0 Å². The van der Waals surface area contributed by atoms with Crippen molar-refractivity contribution in [3.63, 3.8) is 0 Å². The predicted octanol–water partition coefficient (Wildman–Crippen LogP) is 3.16. The first kappa shape index (κ1) is 18.2. The summed E-state index contributed by atoms with van der Waals surface area (Å²) in [5.41, 5.74) is 0. The van der Waals surface area contributed by atoms with Crippen molar-refractivity contribution >= 4 is 30.4 Å². The van der Waals surface area contributed by atoms with Crippen molar-refractivity contribution in [2.75, 3.05) is 30.5 Å². The van der Waals surface area contributed by atoms with Gasteiger partial charge in [-0.15, -0.1) is 0 Å². The third-order valence-corrected chi connectivity index (χ3v) is 5.49. The third kappa shape index (κ3) is 8.42. The lowest BCUT2D eigenvalue weighted by Gasteiger charge is -2.27. The number of carbonyl (C=O) groups is 1. The average Bonchev–Trinajstić information content (AvgIpc) is 2.48. The summed E-state index contributed by atoms with van der Waals surface area (Å²) in [7, 11) is 0. The fourth-order valence-electron chi connectivity index (χ4n) is 2.60. The van der Waals surface area contributed by atoms with Gasteiger partial charge in [-0.05, 0) is 55.4 Å². The number of aliphatic hydroxyl groups excluding tert-OH is 1. The van der Waals surface area contributed by atoms with E-state index in [1.807, 2.05) is 11.8 Å². The third-order valence-electron chi connectivity index (χ3n) is 3.77. The molecule has 0 aliphatic heterocycles. The second kappa shape index (κ2) is 11.8. The molecule has 0 bridgehead atoms. The van der Waals surface area contributed by atoms with Gasteiger partial charge in [-0.1, -0.05) is 6.42 Å². The lowest BCUT2D eigenvalue weighted by molar-refractivity contribution is -0.143. The van der Waals surface area contributed by atoms with Gasteiger partial charge in [0.25, 0.3) is 0 Å². The van der Waals surface area contributed by atoms with Crippen LogP contribution >= 0.6 is 24.4 Å². The second-order valence-corrected chi connectivity index (χ2v) is 7.07. The zero-order chi connectivity index (χ0) is 14.6. The van der Waals surface area contributed by atoms with Crippen molar-refractivity contribution in [2.24, 2.45) is 11.8 Å². The van der Waals surface area contributed by atoms with Crippen LogP contribution in [-0.2, 0) is 9.53 Å². The summed E-state index contributed by atoms with van der Waals surface area (Å²) in [5.74, 6) is 4.55. The Kier molecular flexibility index (Phi) is 10.7. The summed E-state index contributed by atoms with van der Waals surface area (Å²) in [6.07, 6.45) is 7.28. The van der Waals surface area contributed by atoms with Gasteiger partial charge in [-0.25, -0.2) is 0 Å². The first-order valence-corrected chi connectivity index (χ1v) is 9.50. The minimum absolute atomic E-state index is 0.104. The number of ether oxygens (including phenoxy) is 1. The summed E-state index contributed by atoms with van der Waals surface area (Å²) < 4.78 is 5.10. The fourth-order valence-corrected chi connectivity index (χ4v) is 4.04. The van der Waals surface area contributed by atoms with Gasteiger partial charge in [0.2, 0.25) is 0 Å². The Labute approximate surface area is 132 Å². The standard InChI is InChI=1S/C15H28O3S2/c16-7-1-2-8-18-15(17)6-9-20-12-14-5-3-4-13(10-14)11-19/h13-14,16,19H,1-12H2. The molecule has 1 aliphatic rings. The normalized spacial score (nSPS) is 22.7. The maximum Gasteiger partial charge on any atom is 0.306 e. The van der Waals surface area contributed by atoms with E-state index in [1.165, 1.54) is 31.4 Å². The number of carbonyl (C=O) groups excluding carboxylic acids is 1. The van der Waals surface area contributed by atoms with Gasteiger partial charge in [-0.2, -0.15) is 24.4 Å². The molecule has 1 aliphatic carbocycles. The molecule has 0 aromatic heterocycles. The van der Waals surface area contributed by atoms with E-state index in [9.17, 15) is 4.79 Å². The van der Waals surface area contributed by atoms with Gasteiger partial charge in [-0.3, -0.25) is 4.79 Å². The Morgan fingerprint density at radius 1 is 1.30 bits per heavy atom. The predicted molar refractivity (Wildman–Crippen MR) is 88.5 cm³/mol. The zero-order valence-electron chi connectivity index (χ0n) is 12.3. The van der Waals surface area contributed by atoms with Crippen molar-refractivity contribution < 1.29 is 14.6 Å². The summed E-state index contributed by atoms with van der Waals surface area (Å²) in [6.45, 7) is 0.610. The van der Waals surface area contributed by atoms with Crippen LogP contribution in [0.15, 0.2) is 0 Å². The quantitative estimate of drug-likeness (QED) is 0.369. The summed E-state index contributed by atoms with van der Waals surface area (Å²) in [6, 6.07) is 0. The molecule has 2 unspecified atom stereocenters. The molecule has 1 fully saturated rings. The maximum absolute atomic E-state index is 11.4. The molecule has 1 saturated carbocycles. The molecule has 0 aromatic carbocycles. The first-order valence-electron chi connectivity index (χ1n) is 7.71. The fraction of sp³-hybridized carbons (Fsp3) is 0.933. The summed E-state index contributed by atoms with van der Waals surface area (Å²) in [5, 5.41) is 8.62. The number of hydrogen-bond acceptors (Lipinski definition) is 5. The second-order valence-electron chi connectivity index (χ2n) is 5.56. The highest BCUT2D eigenvalue weighted by Crippen LogP contribution is 2.31. The van der Waals surface area contributed by atoms with Gasteiger partial charge in [0.15, 0.2) is 0 Å². The smallest absolute Gasteiger partial charge is 0.306 e. The Hall–Kier alpha value is 0.130. The molecule has 0 heterocycles. The van der Waals surface area contributed by atoms with E-state index < -0.39 is 0 Å². The van der Waals surface area contributed by atoms with Crippen LogP contribution in [0, 0.1) is 11.8 Å². The lowest BCUT2D eigenvalue weighted by Crippen LogP contribution is -2.18. The van der Waals surface area contributed by atoms with Crippen molar-refractivity contribution in [1.29, 1.82) is 0 Å². The molecule has 0 amide bonds. The Morgan fingerprint density at radius 3 is 2.85 bits per heavy atom. The number of hydrogen-bond donors (Lipinski definition) is 2. The highest BCUT2D eigenvalue weighted by atomic mass is 32.2. The molecule has 1 rings (SSSR count). The van der Waals surface area contributed by atoms with Crippen LogP contribution < -0.4 is 0 Å². The highest BCUT2D eigenvalue weighted by molar-refractivity contribution is 7.99. The Balaban J connectivity index is 1.96. The number of thioether (sulfide) groups is 1. The SMILES string of the molecule is O=C(CCSCC1CCCC(CS)C1)OCCCCO. The van der Waals surface area contributed by atoms with Crippen molar-refractivity contribution in [1.82, 2.24) is 0 Å². The topological polar surface area (TPSA) is 46.5 Å². The van der Waals surface area contributed by atoms with Gasteiger partial charge >= 0.3 is 5.97 Å². The molecule has 20 heavy (non-hydrogen) atoms. The molecular weight excluding hydrogens is 292 g/mol. The molecule has 5 heteroatoms. The molecular formula is C15H28O3S2. The number of thiol groups is 1. The van der Waals surface area contributed by atoms with Gasteiger partial charge in [0, 0.05) is 12.4 Å². The number of unbranched alkanes of at least 4 members (excludes halogenated alkanes) is 1. The van der Waals surface area contributed by atoms with Crippen LogP contribution in [-0.4, -0.2) is 41.5 Å². The van der Waals surface area contributed by atoms with Crippen molar-refractivity contribution in [3.05, 3.63) is 0 Å². The molecule has 1 N–H and O–H groups in total. The molecule has 118 valence electrons. The van der Waals surface area contributed by atoms with Crippen molar-refractivity contribution in [3.8, 4) is 0 Å². The Bertz CT molecular complexity index is 262. The van der Waals surface area contributed by atoms with Crippen LogP contribution in [0.2, 0.25) is 0 Å². The molecule has 0 aromatic rings. The first-order chi connectivity index (χ1) is 9.76. The minimum Gasteiger partial charge on any atom is -0.466 e. The molecule has 2 atom stereocenters. The van der Waals surface area contributed by atoms with E-state index in [-0.39, 0.29) is 12.6 Å². The van der Waals surface area contributed by atoms with Crippen LogP contribution in [0.5, 0.6) is 0 Å². The van der Waals surface area contributed by atoms with Crippen LogP contribution in [0.1, 0.15) is 44.9 Å². The van der Waals surface area contributed by atoms with E-state index in [0.29, 0.717) is 19.4 Å². The number of rotatable bonds is 10. The van der Waals surface area contributed by atoms with Gasteiger partial charge in [0.05, 0.1) is 13.0 Å². The summed E-state index contributed by atoms with van der Waals surface area (Å²) >= 11 is 6.28. The monoisotopic (exact) mass is 320 g/mol. The van der Waals surface area contributed by atoms with Crippen molar-refractivity contribution in [2.45, 2.75) is 44.9 Å². The maximum atomic E-state index is 11.4. The van der Waals surface area contributed by atoms with Crippen LogP contribution in [0.25, 0.3) is 0 Å². The van der Waals surface area contributed by atoms with Crippen LogP contribution in [0.4, 0.5) is 0 Å². The molecule has 0 radical (unpaired) electrons. The van der Waals surface area contributed by atoms with E-state index >= 15 is 0 Å². The van der Waals surface area contributed by atoms with E-state index in [1.54, 1.807) is 0 Å². The van der Waals surface area contributed by atoms with E-state index in [4.69, 9.17) is 9.84 Å². The number of aliphatic hydroxyl groups is 1. The lowest BCUT2D eigenvalue weighted by atomic mass is 9.83. The Morgan fingerprint density at radius 2 is 2.10 bits per heavy atom. The zero-order valence-corrected chi connectivity index (χ0v) is 14.0. The molecule has 0 spiro atoms. The molecule has 0 saturated heterocycles. The highest BCUT2D eigenvalue weighted by Gasteiger charge is 2.20. The minimum atomic E-state index is -0.104. The van der Waals surface area contributed by atoms with Gasteiger partial charge in [0.1, 0.15) is 0 Å². The summed E-state index contributed by atoms with van der Waals surface area (Å²) in [4.78, 5) is 11.4. The number of esters is 1.